The molecule has 1 atom stereocenters. The number of amides is 1. The Bertz CT molecular complexity index is 843. The van der Waals surface area contributed by atoms with Gasteiger partial charge in [0.2, 0.25) is 0 Å². The zero-order valence-electron chi connectivity index (χ0n) is 15.4. The Hall–Kier alpha value is -2.95. The molecule has 1 aromatic carbocycles. The van der Waals surface area contributed by atoms with Gasteiger partial charge in [0.05, 0.1) is 18.1 Å². The molecule has 0 spiro atoms. The van der Waals surface area contributed by atoms with Crippen LogP contribution in [0, 0.1) is 0 Å². The Labute approximate surface area is 154 Å². The fourth-order valence-corrected chi connectivity index (χ4v) is 2.82. The number of nitrogens with zero attached hydrogens (tertiary/aromatic N) is 4. The second-order valence-electron chi connectivity index (χ2n) is 6.65. The van der Waals surface area contributed by atoms with Crippen LogP contribution in [0.5, 0.6) is 0 Å². The molecule has 1 amide bonds. The average Bonchev–Trinajstić information content (AvgIpc) is 3.17. The summed E-state index contributed by atoms with van der Waals surface area (Å²) in [6.07, 6.45) is 5.28. The standard InChI is InChI=1S/C21H24N4O/c1-16(2)24-14-20(23-15-24)21(26)25(13-18-9-5-4-6-10-18)17(3)19-11-7-8-12-22-19/h4-12,14-17H,13H2,1-3H3. The molecule has 134 valence electrons. The quantitative estimate of drug-likeness (QED) is 0.669. The third-order valence-corrected chi connectivity index (χ3v) is 4.46. The van der Waals surface area contributed by atoms with Crippen LogP contribution in [0.3, 0.4) is 0 Å². The summed E-state index contributed by atoms with van der Waals surface area (Å²) in [6.45, 7) is 6.64. The van der Waals surface area contributed by atoms with Crippen LogP contribution >= 0.6 is 0 Å². The summed E-state index contributed by atoms with van der Waals surface area (Å²) in [4.78, 5) is 23.8. The molecular formula is C21H24N4O. The lowest BCUT2D eigenvalue weighted by Gasteiger charge is -2.28. The summed E-state index contributed by atoms with van der Waals surface area (Å²) in [5, 5.41) is 0. The van der Waals surface area contributed by atoms with Gasteiger partial charge in [-0.1, -0.05) is 36.4 Å². The van der Waals surface area contributed by atoms with Crippen molar-refractivity contribution in [3.63, 3.8) is 0 Å². The van der Waals surface area contributed by atoms with Gasteiger partial charge in [-0.05, 0) is 38.5 Å². The normalized spacial score (nSPS) is 12.2. The van der Waals surface area contributed by atoms with Crippen molar-refractivity contribution in [1.29, 1.82) is 0 Å². The molecule has 0 aliphatic carbocycles. The van der Waals surface area contributed by atoms with Crippen molar-refractivity contribution in [2.24, 2.45) is 0 Å². The molecule has 0 fully saturated rings. The van der Waals surface area contributed by atoms with Crippen molar-refractivity contribution in [1.82, 2.24) is 19.4 Å². The van der Waals surface area contributed by atoms with Crippen LogP contribution < -0.4 is 0 Å². The largest absolute Gasteiger partial charge is 0.334 e. The molecule has 0 aliphatic rings. The van der Waals surface area contributed by atoms with Crippen LogP contribution in [0.15, 0.2) is 67.3 Å². The Morgan fingerprint density at radius 2 is 1.77 bits per heavy atom. The van der Waals surface area contributed by atoms with Crippen molar-refractivity contribution in [2.75, 3.05) is 0 Å². The fraction of sp³-hybridized carbons (Fsp3) is 0.286. The third-order valence-electron chi connectivity index (χ3n) is 4.46. The number of rotatable bonds is 6. The van der Waals surface area contributed by atoms with Gasteiger partial charge in [0.15, 0.2) is 0 Å². The van der Waals surface area contributed by atoms with Crippen molar-refractivity contribution >= 4 is 5.91 Å². The molecule has 1 unspecified atom stereocenters. The third kappa shape index (κ3) is 3.99. The molecule has 5 nitrogen and oxygen atoms in total. The van der Waals surface area contributed by atoms with E-state index in [4.69, 9.17) is 0 Å². The highest BCUT2D eigenvalue weighted by molar-refractivity contribution is 5.92. The molecule has 0 saturated carbocycles. The Morgan fingerprint density at radius 3 is 2.38 bits per heavy atom. The number of pyridine rings is 1. The molecule has 5 heteroatoms. The van der Waals surface area contributed by atoms with Crippen LogP contribution in [0.1, 0.15) is 54.6 Å². The van der Waals surface area contributed by atoms with E-state index in [1.54, 1.807) is 12.5 Å². The van der Waals surface area contributed by atoms with Gasteiger partial charge in [0.1, 0.15) is 5.69 Å². The van der Waals surface area contributed by atoms with Gasteiger partial charge in [-0.15, -0.1) is 0 Å². The van der Waals surface area contributed by atoms with E-state index in [9.17, 15) is 4.79 Å². The minimum atomic E-state index is -0.159. The molecule has 0 saturated heterocycles. The van der Waals surface area contributed by atoms with Gasteiger partial charge < -0.3 is 9.47 Å². The molecular weight excluding hydrogens is 324 g/mol. The highest BCUT2D eigenvalue weighted by atomic mass is 16.2. The minimum absolute atomic E-state index is 0.0913. The summed E-state index contributed by atoms with van der Waals surface area (Å²) < 4.78 is 1.94. The van der Waals surface area contributed by atoms with Crippen LogP contribution in [-0.2, 0) is 6.54 Å². The second-order valence-corrected chi connectivity index (χ2v) is 6.65. The molecule has 0 N–H and O–H groups in total. The van der Waals surface area contributed by atoms with E-state index in [-0.39, 0.29) is 18.0 Å². The maximum atomic E-state index is 13.2. The highest BCUT2D eigenvalue weighted by Crippen LogP contribution is 2.23. The summed E-state index contributed by atoms with van der Waals surface area (Å²) >= 11 is 0. The van der Waals surface area contributed by atoms with E-state index in [0.717, 1.165) is 11.3 Å². The molecule has 2 aromatic heterocycles. The summed E-state index contributed by atoms with van der Waals surface area (Å²) in [7, 11) is 0. The molecule has 2 heterocycles. The number of imidazole rings is 1. The van der Waals surface area contributed by atoms with Crippen molar-refractivity contribution in [2.45, 2.75) is 39.4 Å². The first-order valence-electron chi connectivity index (χ1n) is 8.85. The Balaban J connectivity index is 1.92. The lowest BCUT2D eigenvalue weighted by atomic mass is 10.1. The monoisotopic (exact) mass is 348 g/mol. The second kappa shape index (κ2) is 7.95. The highest BCUT2D eigenvalue weighted by Gasteiger charge is 2.25. The summed E-state index contributed by atoms with van der Waals surface area (Å²) in [5.74, 6) is -0.0913. The zero-order chi connectivity index (χ0) is 18.5. The number of carbonyl (C=O) groups excluding carboxylic acids is 1. The summed E-state index contributed by atoms with van der Waals surface area (Å²) in [6, 6.07) is 15.9. The van der Waals surface area contributed by atoms with Crippen molar-refractivity contribution < 1.29 is 4.79 Å². The SMILES string of the molecule is CC(c1ccccn1)N(Cc1ccccc1)C(=O)c1cn(C(C)C)cn1. The van der Waals surface area contributed by atoms with E-state index in [0.29, 0.717) is 12.2 Å². The predicted molar refractivity (Wildman–Crippen MR) is 102 cm³/mol. The Kier molecular flexibility index (Phi) is 5.46. The van der Waals surface area contributed by atoms with Crippen LogP contribution in [0.4, 0.5) is 0 Å². The van der Waals surface area contributed by atoms with Crippen molar-refractivity contribution in [3.05, 3.63) is 84.2 Å². The van der Waals surface area contributed by atoms with E-state index in [1.165, 1.54) is 0 Å². The number of hydrogen-bond donors (Lipinski definition) is 0. The molecule has 3 aromatic rings. The first-order valence-corrected chi connectivity index (χ1v) is 8.85. The maximum Gasteiger partial charge on any atom is 0.274 e. The van der Waals surface area contributed by atoms with Gasteiger partial charge in [-0.25, -0.2) is 4.98 Å². The number of aromatic nitrogens is 3. The van der Waals surface area contributed by atoms with Gasteiger partial charge in [0.25, 0.3) is 5.91 Å². The topological polar surface area (TPSA) is 51.0 Å². The molecule has 3 rings (SSSR count). The van der Waals surface area contributed by atoms with E-state index < -0.39 is 0 Å². The zero-order valence-corrected chi connectivity index (χ0v) is 15.4. The van der Waals surface area contributed by atoms with Crippen LogP contribution in [0.25, 0.3) is 0 Å². The van der Waals surface area contributed by atoms with Gasteiger partial charge in [0, 0.05) is 25.0 Å². The number of hydrogen-bond acceptors (Lipinski definition) is 3. The minimum Gasteiger partial charge on any atom is -0.334 e. The Morgan fingerprint density at radius 1 is 1.04 bits per heavy atom. The molecule has 0 bridgehead atoms. The molecule has 26 heavy (non-hydrogen) atoms. The van der Waals surface area contributed by atoms with E-state index >= 15 is 0 Å². The lowest BCUT2D eigenvalue weighted by Crippen LogP contribution is -2.33. The van der Waals surface area contributed by atoms with Gasteiger partial charge in [-0.2, -0.15) is 0 Å². The first kappa shape index (κ1) is 17.9. The number of carbonyl (C=O) groups is 1. The van der Waals surface area contributed by atoms with E-state index in [1.807, 2.05) is 71.1 Å². The van der Waals surface area contributed by atoms with Gasteiger partial charge in [-0.3, -0.25) is 9.78 Å². The fourth-order valence-electron chi connectivity index (χ4n) is 2.82. The smallest absolute Gasteiger partial charge is 0.274 e. The van der Waals surface area contributed by atoms with Crippen LogP contribution in [0.2, 0.25) is 0 Å². The van der Waals surface area contributed by atoms with Gasteiger partial charge >= 0.3 is 0 Å². The number of benzene rings is 1. The first-order chi connectivity index (χ1) is 12.6. The summed E-state index contributed by atoms with van der Waals surface area (Å²) in [5.41, 5.74) is 2.39. The van der Waals surface area contributed by atoms with Crippen LogP contribution in [-0.4, -0.2) is 25.3 Å². The molecule has 0 radical (unpaired) electrons. The van der Waals surface area contributed by atoms with E-state index in [2.05, 4.69) is 23.8 Å². The lowest BCUT2D eigenvalue weighted by molar-refractivity contribution is 0.0664. The predicted octanol–water partition coefficient (Wildman–Crippen LogP) is 4.26. The van der Waals surface area contributed by atoms with Crippen molar-refractivity contribution in [3.8, 4) is 0 Å². The average molecular weight is 348 g/mol. The maximum absolute atomic E-state index is 13.2. The molecule has 0 aliphatic heterocycles.